The van der Waals surface area contributed by atoms with Gasteiger partial charge in [-0.25, -0.2) is 0 Å². The number of aliphatic hydroxyl groups is 1. The van der Waals surface area contributed by atoms with Gasteiger partial charge in [0.25, 0.3) is 0 Å². The van der Waals surface area contributed by atoms with Gasteiger partial charge >= 0.3 is 0 Å². The molecule has 0 fully saturated rings. The van der Waals surface area contributed by atoms with Gasteiger partial charge in [0.05, 0.1) is 24.0 Å². The highest BCUT2D eigenvalue weighted by Crippen LogP contribution is 2.13. The van der Waals surface area contributed by atoms with Gasteiger partial charge in [-0.05, 0) is 20.8 Å². The van der Waals surface area contributed by atoms with E-state index in [0.29, 0.717) is 6.61 Å². The van der Waals surface area contributed by atoms with E-state index in [0.717, 1.165) is 0 Å². The van der Waals surface area contributed by atoms with Gasteiger partial charge in [0, 0.05) is 0 Å². The SMILES string of the molecule is CCO/C=C(/C#N)C(C)(C)O. The summed E-state index contributed by atoms with van der Waals surface area (Å²) >= 11 is 0. The predicted molar refractivity (Wildman–Crippen MR) is 41.6 cm³/mol. The first-order valence-electron chi connectivity index (χ1n) is 3.47. The van der Waals surface area contributed by atoms with E-state index in [1.54, 1.807) is 13.8 Å². The van der Waals surface area contributed by atoms with Crippen molar-refractivity contribution >= 4 is 0 Å². The van der Waals surface area contributed by atoms with Gasteiger partial charge in [-0.2, -0.15) is 5.26 Å². The van der Waals surface area contributed by atoms with E-state index in [2.05, 4.69) is 0 Å². The highest BCUT2D eigenvalue weighted by molar-refractivity contribution is 5.27. The Balaban J connectivity index is 4.32. The predicted octanol–water partition coefficient (Wildman–Crippen LogP) is 1.20. The Hall–Kier alpha value is -1.01. The number of hydrogen-bond acceptors (Lipinski definition) is 3. The number of nitrogens with zero attached hydrogens (tertiary/aromatic N) is 1. The monoisotopic (exact) mass is 155 g/mol. The van der Waals surface area contributed by atoms with Crippen molar-refractivity contribution in [2.75, 3.05) is 6.61 Å². The second-order valence-corrected chi connectivity index (χ2v) is 2.66. The van der Waals surface area contributed by atoms with Gasteiger partial charge in [-0.1, -0.05) is 0 Å². The molecular weight excluding hydrogens is 142 g/mol. The molecule has 0 aliphatic carbocycles. The lowest BCUT2D eigenvalue weighted by Crippen LogP contribution is -2.21. The van der Waals surface area contributed by atoms with Crippen LogP contribution in [0, 0.1) is 11.3 Å². The molecule has 0 unspecified atom stereocenters. The summed E-state index contributed by atoms with van der Waals surface area (Å²) in [6.45, 7) is 5.40. The summed E-state index contributed by atoms with van der Waals surface area (Å²) < 4.78 is 4.87. The first-order chi connectivity index (χ1) is 5.02. The quantitative estimate of drug-likeness (QED) is 0.492. The molecular formula is C8H13NO2. The molecule has 0 saturated carbocycles. The third kappa shape index (κ3) is 3.64. The zero-order valence-electron chi connectivity index (χ0n) is 7.09. The summed E-state index contributed by atoms with van der Waals surface area (Å²) in [4.78, 5) is 0. The molecule has 0 aliphatic rings. The number of rotatable bonds is 3. The van der Waals surface area contributed by atoms with Gasteiger partial charge < -0.3 is 9.84 Å². The third-order valence-corrected chi connectivity index (χ3v) is 1.15. The van der Waals surface area contributed by atoms with E-state index >= 15 is 0 Å². The zero-order valence-corrected chi connectivity index (χ0v) is 7.09. The van der Waals surface area contributed by atoms with Crippen molar-refractivity contribution in [2.45, 2.75) is 26.4 Å². The summed E-state index contributed by atoms with van der Waals surface area (Å²) in [6.07, 6.45) is 1.29. The highest BCUT2D eigenvalue weighted by atomic mass is 16.5. The van der Waals surface area contributed by atoms with Crippen LogP contribution in [0.2, 0.25) is 0 Å². The first-order valence-corrected chi connectivity index (χ1v) is 3.47. The Kier molecular flexibility index (Phi) is 3.63. The average molecular weight is 155 g/mol. The van der Waals surface area contributed by atoms with Crippen molar-refractivity contribution in [1.82, 2.24) is 0 Å². The molecule has 0 bridgehead atoms. The van der Waals surface area contributed by atoms with Crippen molar-refractivity contribution in [3.63, 3.8) is 0 Å². The topological polar surface area (TPSA) is 53.2 Å². The van der Waals surface area contributed by atoms with Crippen LogP contribution >= 0.6 is 0 Å². The summed E-state index contributed by atoms with van der Waals surface area (Å²) in [5.74, 6) is 0. The van der Waals surface area contributed by atoms with E-state index in [4.69, 9.17) is 10.00 Å². The van der Waals surface area contributed by atoms with Crippen molar-refractivity contribution in [3.8, 4) is 6.07 Å². The fourth-order valence-electron chi connectivity index (χ4n) is 0.474. The zero-order chi connectivity index (χ0) is 8.91. The van der Waals surface area contributed by atoms with Crippen molar-refractivity contribution in [1.29, 1.82) is 5.26 Å². The van der Waals surface area contributed by atoms with Crippen LogP contribution in [0.1, 0.15) is 20.8 Å². The Morgan fingerprint density at radius 1 is 1.73 bits per heavy atom. The minimum Gasteiger partial charge on any atom is -0.500 e. The summed E-state index contributed by atoms with van der Waals surface area (Å²) in [7, 11) is 0. The van der Waals surface area contributed by atoms with E-state index in [-0.39, 0.29) is 5.57 Å². The second kappa shape index (κ2) is 3.99. The van der Waals surface area contributed by atoms with Crippen molar-refractivity contribution in [3.05, 3.63) is 11.8 Å². The summed E-state index contributed by atoms with van der Waals surface area (Å²) in [5, 5.41) is 17.9. The highest BCUT2D eigenvalue weighted by Gasteiger charge is 2.19. The molecule has 0 amide bonds. The smallest absolute Gasteiger partial charge is 0.101 e. The lowest BCUT2D eigenvalue weighted by molar-refractivity contribution is 0.118. The molecule has 3 nitrogen and oxygen atoms in total. The Bertz CT molecular complexity index is 183. The third-order valence-electron chi connectivity index (χ3n) is 1.15. The molecule has 0 aliphatic heterocycles. The Morgan fingerprint density at radius 2 is 2.27 bits per heavy atom. The van der Waals surface area contributed by atoms with Crippen LogP contribution in [0.4, 0.5) is 0 Å². The van der Waals surface area contributed by atoms with Crippen LogP contribution in [0.3, 0.4) is 0 Å². The number of hydrogen-bond donors (Lipinski definition) is 1. The lowest BCUT2D eigenvalue weighted by Gasteiger charge is -2.14. The van der Waals surface area contributed by atoms with E-state index in [1.807, 2.05) is 13.0 Å². The molecule has 0 atom stereocenters. The maximum Gasteiger partial charge on any atom is 0.101 e. The average Bonchev–Trinajstić information content (AvgIpc) is 1.87. The molecule has 3 heteroatoms. The van der Waals surface area contributed by atoms with Gasteiger partial charge in [-0.3, -0.25) is 0 Å². The number of nitriles is 1. The fourth-order valence-corrected chi connectivity index (χ4v) is 0.474. The molecule has 0 heterocycles. The van der Waals surface area contributed by atoms with Crippen molar-refractivity contribution in [2.24, 2.45) is 0 Å². The van der Waals surface area contributed by atoms with Crippen LogP contribution in [0.15, 0.2) is 11.8 Å². The molecule has 0 aromatic heterocycles. The fraction of sp³-hybridized carbons (Fsp3) is 0.625. The molecule has 62 valence electrons. The van der Waals surface area contributed by atoms with E-state index in [1.165, 1.54) is 6.26 Å². The van der Waals surface area contributed by atoms with Crippen LogP contribution in [0.5, 0.6) is 0 Å². The second-order valence-electron chi connectivity index (χ2n) is 2.66. The molecule has 0 aromatic carbocycles. The normalized spacial score (nSPS) is 12.5. The van der Waals surface area contributed by atoms with Gasteiger partial charge in [0.1, 0.15) is 6.07 Å². The number of ether oxygens (including phenoxy) is 1. The largest absolute Gasteiger partial charge is 0.500 e. The maximum atomic E-state index is 9.33. The van der Waals surface area contributed by atoms with Gasteiger partial charge in [0.2, 0.25) is 0 Å². The minimum atomic E-state index is -1.11. The molecule has 0 radical (unpaired) electrons. The molecule has 0 saturated heterocycles. The summed E-state index contributed by atoms with van der Waals surface area (Å²) in [5.41, 5.74) is -0.872. The van der Waals surface area contributed by atoms with Crippen LogP contribution in [0.25, 0.3) is 0 Å². The lowest BCUT2D eigenvalue weighted by atomic mass is 10.0. The van der Waals surface area contributed by atoms with Crippen LogP contribution in [-0.4, -0.2) is 17.3 Å². The molecule has 11 heavy (non-hydrogen) atoms. The van der Waals surface area contributed by atoms with Crippen molar-refractivity contribution < 1.29 is 9.84 Å². The minimum absolute atomic E-state index is 0.236. The van der Waals surface area contributed by atoms with Crippen LogP contribution in [-0.2, 0) is 4.74 Å². The van der Waals surface area contributed by atoms with Crippen LogP contribution < -0.4 is 0 Å². The Morgan fingerprint density at radius 3 is 2.55 bits per heavy atom. The van der Waals surface area contributed by atoms with Gasteiger partial charge in [0.15, 0.2) is 0 Å². The molecule has 0 spiro atoms. The molecule has 0 aromatic rings. The first kappa shape index (κ1) is 9.99. The standard InChI is InChI=1S/C8H13NO2/c1-4-11-6-7(5-9)8(2,3)10/h6,10H,4H2,1-3H3/b7-6-. The Labute approximate surface area is 66.9 Å². The van der Waals surface area contributed by atoms with E-state index in [9.17, 15) is 5.11 Å². The maximum absolute atomic E-state index is 9.33. The van der Waals surface area contributed by atoms with Gasteiger partial charge in [-0.15, -0.1) is 0 Å². The molecule has 1 N–H and O–H groups in total. The summed E-state index contributed by atoms with van der Waals surface area (Å²) in [6, 6.07) is 1.86. The van der Waals surface area contributed by atoms with E-state index < -0.39 is 5.60 Å². The molecule has 0 rings (SSSR count).